The minimum atomic E-state index is -3.63. The number of nitrogens with zero attached hydrogens (tertiary/aromatic N) is 4. The summed E-state index contributed by atoms with van der Waals surface area (Å²) in [6.45, 7) is 4.77. The van der Waals surface area contributed by atoms with Gasteiger partial charge in [0.2, 0.25) is 12.7 Å². The number of benzene rings is 3. The average molecular weight is 747 g/mol. The molecule has 3 aromatic carbocycles. The van der Waals surface area contributed by atoms with E-state index >= 15 is 0 Å². The number of rotatable bonds is 13. The van der Waals surface area contributed by atoms with E-state index in [1.807, 2.05) is 26.0 Å². The van der Waals surface area contributed by atoms with Crippen LogP contribution in [0.15, 0.2) is 90.0 Å². The molecule has 278 valence electrons. The topological polar surface area (TPSA) is 185 Å². The van der Waals surface area contributed by atoms with E-state index in [9.17, 15) is 27.2 Å². The summed E-state index contributed by atoms with van der Waals surface area (Å²) in [6.07, 6.45) is 2.03. The van der Waals surface area contributed by atoms with Crippen molar-refractivity contribution in [2.75, 3.05) is 30.4 Å². The molecule has 0 saturated heterocycles. The van der Waals surface area contributed by atoms with Gasteiger partial charge in [0.05, 0.1) is 23.6 Å². The molecule has 14 nitrogen and oxygen atoms in total. The van der Waals surface area contributed by atoms with Gasteiger partial charge in [-0.05, 0) is 78.9 Å². The molecule has 0 radical (unpaired) electrons. The van der Waals surface area contributed by atoms with Crippen molar-refractivity contribution in [2.45, 2.75) is 44.0 Å². The molecule has 2 atom stereocenters. The molecule has 0 aliphatic carbocycles. The van der Waals surface area contributed by atoms with Gasteiger partial charge in [0, 0.05) is 29.8 Å². The Morgan fingerprint density at radius 3 is 2.26 bits per heavy atom. The number of amides is 2. The largest absolute Gasteiger partial charge is 0.495 e. The quantitative estimate of drug-likeness (QED) is 0.109. The summed E-state index contributed by atoms with van der Waals surface area (Å²) in [4.78, 5) is 44.2. The van der Waals surface area contributed by atoms with Gasteiger partial charge in [-0.1, -0.05) is 38.1 Å². The summed E-state index contributed by atoms with van der Waals surface area (Å²) in [6, 6.07) is 19.3. The number of carbonyl (C=O) groups is 3. The third-order valence-corrected chi connectivity index (χ3v) is 9.29. The predicted octanol–water partition coefficient (Wildman–Crippen LogP) is 5.84. The van der Waals surface area contributed by atoms with Crippen LogP contribution in [-0.4, -0.2) is 67.2 Å². The lowest BCUT2D eigenvalue weighted by Gasteiger charge is -2.21. The molecule has 53 heavy (non-hydrogen) atoms. The lowest BCUT2D eigenvalue weighted by molar-refractivity contribution is -0.153. The Hall–Kier alpha value is -5.87. The van der Waals surface area contributed by atoms with Gasteiger partial charge in [-0.15, -0.1) is 5.10 Å². The Morgan fingerprint density at radius 1 is 0.943 bits per heavy atom. The van der Waals surface area contributed by atoms with Crippen LogP contribution in [0.4, 0.5) is 26.5 Å². The zero-order valence-electron chi connectivity index (χ0n) is 29.6. The number of halogens is 1. The summed E-state index contributed by atoms with van der Waals surface area (Å²) in [7, 11) is -2.33. The van der Waals surface area contributed by atoms with Gasteiger partial charge in [-0.25, -0.2) is 27.0 Å². The van der Waals surface area contributed by atoms with Crippen LogP contribution in [0, 0.1) is 11.7 Å². The molecule has 16 heteroatoms. The Labute approximate surface area is 305 Å². The van der Waals surface area contributed by atoms with Gasteiger partial charge < -0.3 is 25.3 Å². The number of methoxy groups -OCH3 is 1. The number of nitrogens with two attached hydrogens (primary N) is 1. The van der Waals surface area contributed by atoms with E-state index in [4.69, 9.17) is 19.9 Å². The maximum Gasteiger partial charge on any atom is 0.424 e. The molecule has 5 aromatic rings. The van der Waals surface area contributed by atoms with E-state index in [1.54, 1.807) is 49.5 Å². The van der Waals surface area contributed by atoms with E-state index in [1.165, 1.54) is 42.0 Å². The third-order valence-electron chi connectivity index (χ3n) is 8.18. The van der Waals surface area contributed by atoms with Crippen LogP contribution in [0.25, 0.3) is 16.8 Å². The molecule has 0 spiro atoms. The standard InChI is InChI=1S/C37H39FN6O8S/c1-22(2)18-30(39)35(46)51-21-52-37(47)44(31-16-15-29(53(5,48)49)19-32(31)50-4)36-41-33-17-10-26(20-43(33)42-36)25-8-13-28(14-9-25)40-34(45)23(3)24-6-11-27(38)12-7-24/h6-17,19-20,22-23,30H,18,21,39H2,1-5H3,(H,40,45)/t23-,30+/m1/s1. The molecule has 2 amide bonds. The van der Waals surface area contributed by atoms with Crippen LogP contribution < -0.4 is 20.7 Å². The fourth-order valence-electron chi connectivity index (χ4n) is 5.31. The van der Waals surface area contributed by atoms with E-state index in [0.29, 0.717) is 23.3 Å². The summed E-state index contributed by atoms with van der Waals surface area (Å²) < 4.78 is 55.1. The molecule has 2 aromatic heterocycles. The van der Waals surface area contributed by atoms with Crippen molar-refractivity contribution in [1.82, 2.24) is 14.6 Å². The van der Waals surface area contributed by atoms with Crippen molar-refractivity contribution in [1.29, 1.82) is 0 Å². The Bertz CT molecular complexity index is 2230. The smallest absolute Gasteiger partial charge is 0.424 e. The highest BCUT2D eigenvalue weighted by molar-refractivity contribution is 7.90. The number of esters is 1. The van der Waals surface area contributed by atoms with E-state index in [0.717, 1.165) is 22.3 Å². The zero-order valence-corrected chi connectivity index (χ0v) is 30.5. The monoisotopic (exact) mass is 746 g/mol. The van der Waals surface area contributed by atoms with Gasteiger partial charge in [0.1, 0.15) is 17.6 Å². The third kappa shape index (κ3) is 9.33. The highest BCUT2D eigenvalue weighted by Crippen LogP contribution is 2.35. The van der Waals surface area contributed by atoms with Crippen LogP contribution in [-0.2, 0) is 28.9 Å². The highest BCUT2D eigenvalue weighted by atomic mass is 32.2. The minimum absolute atomic E-state index is 0.000360. The summed E-state index contributed by atoms with van der Waals surface area (Å²) in [5.41, 5.74) is 9.03. The molecule has 2 heterocycles. The van der Waals surface area contributed by atoms with Crippen molar-refractivity contribution < 1.29 is 41.4 Å². The second-order valence-electron chi connectivity index (χ2n) is 12.6. The van der Waals surface area contributed by atoms with Gasteiger partial charge in [0.25, 0.3) is 5.95 Å². The molecule has 0 bridgehead atoms. The maximum absolute atomic E-state index is 13.6. The molecule has 0 saturated carbocycles. The average Bonchev–Trinajstić information content (AvgIpc) is 3.54. The number of ether oxygens (including phenoxy) is 3. The fourth-order valence-corrected chi connectivity index (χ4v) is 5.95. The maximum atomic E-state index is 13.6. The number of anilines is 3. The molecule has 0 aliphatic heterocycles. The fraction of sp³-hybridized carbons (Fsp3) is 0.270. The number of pyridine rings is 1. The zero-order chi connectivity index (χ0) is 38.4. The first-order valence-electron chi connectivity index (χ1n) is 16.4. The minimum Gasteiger partial charge on any atom is -0.495 e. The van der Waals surface area contributed by atoms with Crippen molar-refractivity contribution in [3.8, 4) is 16.9 Å². The normalized spacial score (nSPS) is 12.6. The van der Waals surface area contributed by atoms with Gasteiger partial charge in [0.15, 0.2) is 15.5 Å². The molecular weight excluding hydrogens is 708 g/mol. The van der Waals surface area contributed by atoms with Crippen LogP contribution in [0.5, 0.6) is 5.75 Å². The summed E-state index contributed by atoms with van der Waals surface area (Å²) >= 11 is 0. The van der Waals surface area contributed by atoms with Crippen molar-refractivity contribution in [3.63, 3.8) is 0 Å². The first-order chi connectivity index (χ1) is 25.1. The SMILES string of the molecule is COc1cc(S(C)(=O)=O)ccc1N(C(=O)OCOC(=O)[C@@H](N)CC(C)C)c1nc2ccc(-c3ccc(NC(=O)[C@H](C)c4ccc(F)cc4)cc3)cn2n1. The van der Waals surface area contributed by atoms with E-state index in [-0.39, 0.29) is 39.9 Å². The second kappa shape index (κ2) is 16.2. The van der Waals surface area contributed by atoms with Crippen LogP contribution >= 0.6 is 0 Å². The second-order valence-corrected chi connectivity index (χ2v) is 14.7. The molecule has 0 aliphatic rings. The molecule has 0 unspecified atom stereocenters. The predicted molar refractivity (Wildman–Crippen MR) is 195 cm³/mol. The van der Waals surface area contributed by atoms with E-state index in [2.05, 4.69) is 15.4 Å². The number of hydrogen-bond donors (Lipinski definition) is 2. The number of aromatic nitrogens is 3. The number of hydrogen-bond acceptors (Lipinski definition) is 11. The Balaban J connectivity index is 1.40. The van der Waals surface area contributed by atoms with Crippen LogP contribution in [0.3, 0.4) is 0 Å². The Kier molecular flexibility index (Phi) is 11.7. The number of carbonyl (C=O) groups excluding carboxylic acids is 3. The first kappa shape index (κ1) is 38.4. The Morgan fingerprint density at radius 2 is 1.62 bits per heavy atom. The highest BCUT2D eigenvalue weighted by Gasteiger charge is 2.29. The molecule has 5 rings (SSSR count). The summed E-state index contributed by atoms with van der Waals surface area (Å²) in [5.74, 6) is -1.90. The van der Waals surface area contributed by atoms with Gasteiger partial charge in [-0.3, -0.25) is 9.59 Å². The first-order valence-corrected chi connectivity index (χ1v) is 18.3. The molecular formula is C37H39FN6O8S. The number of sulfone groups is 1. The summed E-state index contributed by atoms with van der Waals surface area (Å²) in [5, 5.41) is 7.38. The van der Waals surface area contributed by atoms with E-state index < -0.39 is 40.7 Å². The molecule has 3 N–H and O–H groups in total. The van der Waals surface area contributed by atoms with Crippen LogP contribution in [0.1, 0.15) is 38.7 Å². The number of fused-ring (bicyclic) bond motifs is 1. The van der Waals surface area contributed by atoms with Crippen molar-refractivity contribution in [2.24, 2.45) is 11.7 Å². The van der Waals surface area contributed by atoms with Crippen LogP contribution in [0.2, 0.25) is 0 Å². The van der Waals surface area contributed by atoms with Crippen molar-refractivity contribution in [3.05, 3.63) is 96.4 Å². The lowest BCUT2D eigenvalue weighted by Crippen LogP contribution is -2.35. The van der Waals surface area contributed by atoms with Gasteiger partial charge >= 0.3 is 12.1 Å². The van der Waals surface area contributed by atoms with Crippen molar-refractivity contribution >= 4 is 50.8 Å². The van der Waals surface area contributed by atoms with Gasteiger partial charge in [-0.2, -0.15) is 4.98 Å². The molecule has 0 fully saturated rings. The number of nitrogens with one attached hydrogen (secondary N) is 1. The lowest BCUT2D eigenvalue weighted by atomic mass is 10.00.